The van der Waals surface area contributed by atoms with Crippen molar-refractivity contribution in [2.45, 2.75) is 52.0 Å². The molecule has 3 heteroatoms. The van der Waals surface area contributed by atoms with E-state index in [1.165, 1.54) is 25.7 Å². The minimum absolute atomic E-state index is 0.309. The number of terminal acetylenes is 1. The fourth-order valence-electron chi connectivity index (χ4n) is 3.02. The minimum Gasteiger partial charge on any atom is -0.480 e. The second-order valence-electron chi connectivity index (χ2n) is 5.17. The zero-order valence-electron chi connectivity index (χ0n) is 10.9. The first-order valence-electron chi connectivity index (χ1n) is 6.49. The van der Waals surface area contributed by atoms with Crippen LogP contribution in [-0.2, 0) is 4.79 Å². The largest absolute Gasteiger partial charge is 0.480 e. The molecule has 1 N–H and O–H groups in total. The number of nitrogens with zero attached hydrogens (tertiary/aromatic N) is 1. The van der Waals surface area contributed by atoms with Gasteiger partial charge in [-0.15, -0.1) is 12.3 Å². The van der Waals surface area contributed by atoms with Crippen molar-refractivity contribution in [3.63, 3.8) is 0 Å². The van der Waals surface area contributed by atoms with Gasteiger partial charge >= 0.3 is 5.97 Å². The van der Waals surface area contributed by atoms with Crippen LogP contribution in [0.5, 0.6) is 0 Å². The summed E-state index contributed by atoms with van der Waals surface area (Å²) >= 11 is 0. The Morgan fingerprint density at radius 1 is 1.41 bits per heavy atom. The zero-order chi connectivity index (χ0) is 12.9. The maximum Gasteiger partial charge on any atom is 0.321 e. The molecule has 1 unspecified atom stereocenters. The Labute approximate surface area is 104 Å². The Hall–Kier alpha value is -1.01. The van der Waals surface area contributed by atoms with E-state index in [4.69, 9.17) is 11.5 Å². The number of aliphatic carboxylic acids is 1. The van der Waals surface area contributed by atoms with Crippen LogP contribution in [0, 0.1) is 17.8 Å². The lowest BCUT2D eigenvalue weighted by atomic mass is 9.72. The molecule has 1 aliphatic heterocycles. The van der Waals surface area contributed by atoms with E-state index in [1.807, 2.05) is 4.90 Å². The standard InChI is InChI=1S/C14H23NO2/c1-4-7-12(13(16)17)15-10-14(11-15,8-5-2)9-6-3/h1,12H,5-11H2,2-3H3,(H,16,17). The Bertz CT molecular complexity index is 292. The lowest BCUT2D eigenvalue weighted by Gasteiger charge is -2.52. The molecule has 1 atom stereocenters. The molecule has 0 aliphatic carbocycles. The van der Waals surface area contributed by atoms with E-state index < -0.39 is 12.0 Å². The third kappa shape index (κ3) is 3.23. The van der Waals surface area contributed by atoms with E-state index in [0.29, 0.717) is 11.8 Å². The van der Waals surface area contributed by atoms with Crippen LogP contribution < -0.4 is 0 Å². The van der Waals surface area contributed by atoms with Crippen molar-refractivity contribution in [3.8, 4) is 12.3 Å². The second-order valence-corrected chi connectivity index (χ2v) is 5.17. The summed E-state index contributed by atoms with van der Waals surface area (Å²) in [6.45, 7) is 6.17. The number of carbonyl (C=O) groups is 1. The highest BCUT2D eigenvalue weighted by Crippen LogP contribution is 2.40. The van der Waals surface area contributed by atoms with E-state index in [2.05, 4.69) is 19.8 Å². The topological polar surface area (TPSA) is 40.5 Å². The molecule has 1 heterocycles. The van der Waals surface area contributed by atoms with Gasteiger partial charge in [0.2, 0.25) is 0 Å². The molecule has 1 saturated heterocycles. The van der Waals surface area contributed by atoms with E-state index in [0.717, 1.165) is 13.1 Å². The summed E-state index contributed by atoms with van der Waals surface area (Å²) in [5.74, 6) is 1.68. The Morgan fingerprint density at radius 2 is 1.94 bits per heavy atom. The molecule has 96 valence electrons. The first kappa shape index (κ1) is 14.1. The van der Waals surface area contributed by atoms with Crippen molar-refractivity contribution >= 4 is 5.97 Å². The number of carboxylic acid groups (broad SMARTS) is 1. The summed E-state index contributed by atoms with van der Waals surface area (Å²) in [7, 11) is 0. The highest BCUT2D eigenvalue weighted by molar-refractivity contribution is 5.74. The van der Waals surface area contributed by atoms with Crippen LogP contribution in [0.4, 0.5) is 0 Å². The summed E-state index contributed by atoms with van der Waals surface area (Å²) in [5, 5.41) is 9.13. The third-order valence-corrected chi connectivity index (χ3v) is 3.67. The van der Waals surface area contributed by atoms with Gasteiger partial charge in [-0.25, -0.2) is 0 Å². The quantitative estimate of drug-likeness (QED) is 0.691. The molecule has 3 nitrogen and oxygen atoms in total. The molecule has 0 amide bonds. The molecule has 0 saturated carbocycles. The van der Waals surface area contributed by atoms with Crippen molar-refractivity contribution in [2.75, 3.05) is 13.1 Å². The van der Waals surface area contributed by atoms with Gasteiger partial charge in [0.15, 0.2) is 0 Å². The van der Waals surface area contributed by atoms with Crippen LogP contribution in [0.3, 0.4) is 0 Å². The van der Waals surface area contributed by atoms with Gasteiger partial charge in [-0.2, -0.15) is 0 Å². The first-order chi connectivity index (χ1) is 8.08. The normalized spacial score (nSPS) is 20.3. The summed E-state index contributed by atoms with van der Waals surface area (Å²) in [5.41, 5.74) is 0.353. The Morgan fingerprint density at radius 3 is 2.29 bits per heavy atom. The van der Waals surface area contributed by atoms with Gasteiger partial charge in [0.05, 0.1) is 0 Å². The smallest absolute Gasteiger partial charge is 0.321 e. The van der Waals surface area contributed by atoms with E-state index in [9.17, 15) is 4.79 Å². The van der Waals surface area contributed by atoms with Gasteiger partial charge in [0.25, 0.3) is 0 Å². The molecule has 1 rings (SSSR count). The van der Waals surface area contributed by atoms with Crippen LogP contribution in [0.25, 0.3) is 0 Å². The summed E-state index contributed by atoms with van der Waals surface area (Å²) < 4.78 is 0. The Balaban J connectivity index is 2.57. The van der Waals surface area contributed by atoms with Gasteiger partial charge in [-0.05, 0) is 18.3 Å². The van der Waals surface area contributed by atoms with Crippen LogP contribution in [-0.4, -0.2) is 35.1 Å². The molecule has 0 aromatic carbocycles. The lowest BCUT2D eigenvalue weighted by Crippen LogP contribution is -2.61. The van der Waals surface area contributed by atoms with Crippen molar-refractivity contribution in [3.05, 3.63) is 0 Å². The predicted molar refractivity (Wildman–Crippen MR) is 68.7 cm³/mol. The fraction of sp³-hybridized carbons (Fsp3) is 0.786. The maximum absolute atomic E-state index is 11.1. The number of carboxylic acids is 1. The van der Waals surface area contributed by atoms with Crippen LogP contribution in [0.1, 0.15) is 46.0 Å². The predicted octanol–water partition coefficient (Wildman–Crippen LogP) is 2.37. The molecule has 1 aliphatic rings. The van der Waals surface area contributed by atoms with Crippen molar-refractivity contribution in [1.82, 2.24) is 4.90 Å². The zero-order valence-corrected chi connectivity index (χ0v) is 10.9. The molecule has 1 fully saturated rings. The lowest BCUT2D eigenvalue weighted by molar-refractivity contribution is -0.149. The molecule has 0 aromatic heterocycles. The molecule has 0 aromatic rings. The van der Waals surface area contributed by atoms with Crippen molar-refractivity contribution in [2.24, 2.45) is 5.41 Å². The number of hydrogen-bond donors (Lipinski definition) is 1. The molecular formula is C14H23NO2. The van der Waals surface area contributed by atoms with Gasteiger partial charge in [-0.3, -0.25) is 9.69 Å². The SMILES string of the molecule is C#CCC(C(=O)O)N1CC(CCC)(CCC)C1. The van der Waals surface area contributed by atoms with Crippen molar-refractivity contribution < 1.29 is 9.90 Å². The summed E-state index contributed by atoms with van der Waals surface area (Å²) in [6, 6.07) is -0.484. The van der Waals surface area contributed by atoms with Gasteiger partial charge in [-0.1, -0.05) is 26.7 Å². The number of rotatable bonds is 7. The van der Waals surface area contributed by atoms with Crippen LogP contribution in [0.2, 0.25) is 0 Å². The van der Waals surface area contributed by atoms with Crippen LogP contribution in [0.15, 0.2) is 0 Å². The van der Waals surface area contributed by atoms with Gasteiger partial charge in [0.1, 0.15) is 6.04 Å². The fourth-order valence-corrected chi connectivity index (χ4v) is 3.02. The Kier molecular flexibility index (Phi) is 5.02. The average molecular weight is 237 g/mol. The highest BCUT2D eigenvalue weighted by Gasteiger charge is 2.45. The summed E-state index contributed by atoms with van der Waals surface area (Å²) in [6.07, 6.45) is 10.3. The van der Waals surface area contributed by atoms with Crippen molar-refractivity contribution in [1.29, 1.82) is 0 Å². The van der Waals surface area contributed by atoms with E-state index >= 15 is 0 Å². The molecule has 0 spiro atoms. The van der Waals surface area contributed by atoms with Gasteiger partial charge in [0, 0.05) is 19.5 Å². The summed E-state index contributed by atoms with van der Waals surface area (Å²) in [4.78, 5) is 13.1. The van der Waals surface area contributed by atoms with Gasteiger partial charge < -0.3 is 5.11 Å². The number of likely N-dealkylation sites (tertiary alicyclic amines) is 1. The average Bonchev–Trinajstić information content (AvgIpc) is 2.22. The second kappa shape index (κ2) is 6.07. The minimum atomic E-state index is -0.787. The van der Waals surface area contributed by atoms with E-state index in [-0.39, 0.29) is 0 Å². The highest BCUT2D eigenvalue weighted by atomic mass is 16.4. The monoisotopic (exact) mass is 237 g/mol. The molecule has 0 bridgehead atoms. The number of hydrogen-bond acceptors (Lipinski definition) is 2. The maximum atomic E-state index is 11.1. The van der Waals surface area contributed by atoms with Crippen LogP contribution >= 0.6 is 0 Å². The molecular weight excluding hydrogens is 214 g/mol. The third-order valence-electron chi connectivity index (χ3n) is 3.67. The molecule has 17 heavy (non-hydrogen) atoms. The van der Waals surface area contributed by atoms with E-state index in [1.54, 1.807) is 0 Å². The molecule has 0 radical (unpaired) electrons. The first-order valence-corrected chi connectivity index (χ1v) is 6.49.